The molecule has 6 heteroatoms. The van der Waals surface area contributed by atoms with Crippen LogP contribution in [0.4, 0.5) is 0 Å². The van der Waals surface area contributed by atoms with E-state index in [-0.39, 0.29) is 42.8 Å². The summed E-state index contributed by atoms with van der Waals surface area (Å²) in [6, 6.07) is 0. The third-order valence-electron chi connectivity index (χ3n) is 1.01. The molecule has 11 heavy (non-hydrogen) atoms. The number of hydrogen-bond acceptors (Lipinski definition) is 3. The van der Waals surface area contributed by atoms with Crippen molar-refractivity contribution in [2.45, 2.75) is 13.8 Å². The molecule has 0 aliphatic heterocycles. The van der Waals surface area contributed by atoms with Gasteiger partial charge in [-0.2, -0.15) is 0 Å². The minimum absolute atomic E-state index is 0. The van der Waals surface area contributed by atoms with Gasteiger partial charge >= 0.3 is 8.25 Å². The number of rotatable bonds is 4. The maximum absolute atomic E-state index is 10.0. The minimum atomic E-state index is -2.84. The first-order chi connectivity index (χ1) is 4.48. The van der Waals surface area contributed by atoms with E-state index < -0.39 is 13.7 Å². The summed E-state index contributed by atoms with van der Waals surface area (Å²) in [7, 11) is -2.84. The molecule has 0 spiro atoms. The molecule has 1 radical (unpaired) electrons. The number of aliphatic hydroxyl groups excluding tert-OH is 1. The summed E-state index contributed by atoms with van der Waals surface area (Å²) >= 11 is 0. The Balaban J connectivity index is 0. The molecule has 0 amide bonds. The third kappa shape index (κ3) is 9.02. The average molecular weight is 191 g/mol. The van der Waals surface area contributed by atoms with E-state index in [0.29, 0.717) is 0 Å². The summed E-state index contributed by atoms with van der Waals surface area (Å²) in [4.78, 5) is 8.25. The summed E-state index contributed by atoms with van der Waals surface area (Å²) < 4.78 is 14.5. The Labute approximate surface area is 89.2 Å². The van der Waals surface area contributed by atoms with E-state index in [1.807, 2.05) is 0 Å². The van der Waals surface area contributed by atoms with E-state index >= 15 is 0 Å². The minimum Gasteiger partial charge on any atom is -0.396 e. The topological polar surface area (TPSA) is 66.8 Å². The van der Waals surface area contributed by atoms with E-state index in [1.165, 1.54) is 0 Å². The molecular weight excluding hydrogens is 178 g/mol. The molecule has 0 aliphatic rings. The zero-order valence-corrected chi connectivity index (χ0v) is 10.1. The fourth-order valence-corrected chi connectivity index (χ4v) is 0.817. The maximum Gasteiger partial charge on any atom is 0.316 e. The van der Waals surface area contributed by atoms with Crippen LogP contribution in [-0.2, 0) is 9.09 Å². The molecule has 0 bridgehead atoms. The average Bonchev–Trinajstić information content (AvgIpc) is 1.85. The monoisotopic (exact) mass is 191 g/mol. The van der Waals surface area contributed by atoms with E-state index in [1.54, 1.807) is 13.8 Å². The van der Waals surface area contributed by atoms with Gasteiger partial charge in [0.1, 0.15) is 0 Å². The Morgan fingerprint density at radius 2 is 2.00 bits per heavy atom. The van der Waals surface area contributed by atoms with Crippen LogP contribution in [0.15, 0.2) is 0 Å². The third-order valence-corrected chi connectivity index (χ3v) is 1.41. The van der Waals surface area contributed by atoms with Gasteiger partial charge in [0.15, 0.2) is 0 Å². The maximum atomic E-state index is 10.0. The van der Waals surface area contributed by atoms with Gasteiger partial charge in [-0.05, 0) is 0 Å². The van der Waals surface area contributed by atoms with Crippen molar-refractivity contribution in [2.24, 2.45) is 5.41 Å². The Morgan fingerprint density at radius 1 is 1.55 bits per heavy atom. The Kier molecular flexibility index (Phi) is 8.78. The van der Waals surface area contributed by atoms with Crippen LogP contribution < -0.4 is 0 Å². The predicted molar refractivity (Wildman–Crippen MR) is 43.8 cm³/mol. The van der Waals surface area contributed by atoms with E-state index in [9.17, 15) is 4.57 Å². The van der Waals surface area contributed by atoms with Gasteiger partial charge < -0.3 is 14.5 Å². The van der Waals surface area contributed by atoms with Gasteiger partial charge in [-0.1, -0.05) is 13.8 Å². The molecule has 0 aromatic carbocycles. The molecule has 2 N–H and O–H groups in total. The Hall–Kier alpha value is 1.11. The SMILES string of the molecule is CC(C)(CO)CO[PH](=O)O.[Na]. The second-order valence-electron chi connectivity index (χ2n) is 2.88. The van der Waals surface area contributed by atoms with Crippen LogP contribution in [0, 0.1) is 5.41 Å². The first kappa shape index (κ1) is 14.6. The van der Waals surface area contributed by atoms with Crippen LogP contribution in [0.5, 0.6) is 0 Å². The van der Waals surface area contributed by atoms with Crippen molar-refractivity contribution in [3.05, 3.63) is 0 Å². The fraction of sp³-hybridized carbons (Fsp3) is 1.00. The first-order valence-electron chi connectivity index (χ1n) is 2.94. The Morgan fingerprint density at radius 3 is 2.27 bits per heavy atom. The largest absolute Gasteiger partial charge is 0.396 e. The first-order valence-corrected chi connectivity index (χ1v) is 4.21. The van der Waals surface area contributed by atoms with Crippen molar-refractivity contribution in [3.63, 3.8) is 0 Å². The van der Waals surface area contributed by atoms with E-state index in [4.69, 9.17) is 10.00 Å². The molecular formula is C5H13NaO4P. The zero-order valence-electron chi connectivity index (χ0n) is 7.13. The summed E-state index contributed by atoms with van der Waals surface area (Å²) in [5.74, 6) is 0. The van der Waals surface area contributed by atoms with Crippen LogP contribution in [-0.4, -0.2) is 52.8 Å². The fourth-order valence-electron chi connectivity index (χ4n) is 0.303. The van der Waals surface area contributed by atoms with E-state index in [2.05, 4.69) is 4.52 Å². The molecule has 63 valence electrons. The summed E-state index contributed by atoms with van der Waals surface area (Å²) in [6.45, 7) is 3.55. The Bertz CT molecular complexity index is 128. The van der Waals surface area contributed by atoms with Gasteiger partial charge in [0.05, 0.1) is 13.2 Å². The van der Waals surface area contributed by atoms with Crippen LogP contribution in [0.3, 0.4) is 0 Å². The second-order valence-corrected chi connectivity index (χ2v) is 3.70. The van der Waals surface area contributed by atoms with Crippen LogP contribution in [0.2, 0.25) is 0 Å². The second kappa shape index (κ2) is 6.61. The number of aliphatic hydroxyl groups is 1. The summed E-state index contributed by atoms with van der Waals surface area (Å²) in [6.07, 6.45) is 0. The van der Waals surface area contributed by atoms with Crippen molar-refractivity contribution in [1.29, 1.82) is 0 Å². The quantitative estimate of drug-likeness (QED) is 0.485. The van der Waals surface area contributed by atoms with Crippen molar-refractivity contribution < 1.29 is 19.1 Å². The summed E-state index contributed by atoms with van der Waals surface area (Å²) in [5.41, 5.74) is -0.428. The van der Waals surface area contributed by atoms with Crippen molar-refractivity contribution >= 4 is 37.8 Å². The molecule has 0 rings (SSSR count). The molecule has 0 aromatic heterocycles. The molecule has 0 heterocycles. The van der Waals surface area contributed by atoms with Gasteiger partial charge in [0.25, 0.3) is 0 Å². The van der Waals surface area contributed by atoms with Crippen molar-refractivity contribution in [2.75, 3.05) is 13.2 Å². The van der Waals surface area contributed by atoms with E-state index in [0.717, 1.165) is 0 Å². The van der Waals surface area contributed by atoms with Gasteiger partial charge in [-0.15, -0.1) is 0 Å². The van der Waals surface area contributed by atoms with Gasteiger partial charge in [-0.3, -0.25) is 4.57 Å². The molecule has 0 saturated heterocycles. The molecule has 0 fully saturated rings. The zero-order chi connectivity index (χ0) is 8.20. The molecule has 0 aromatic rings. The van der Waals surface area contributed by atoms with Crippen LogP contribution in [0.1, 0.15) is 13.8 Å². The molecule has 1 unspecified atom stereocenters. The van der Waals surface area contributed by atoms with Gasteiger partial charge in [0.2, 0.25) is 0 Å². The smallest absolute Gasteiger partial charge is 0.316 e. The van der Waals surface area contributed by atoms with Crippen molar-refractivity contribution in [1.82, 2.24) is 0 Å². The molecule has 4 nitrogen and oxygen atoms in total. The molecule has 0 aliphatic carbocycles. The standard InChI is InChI=1S/C5H13O4P.Na/c1-5(2,3-6)4-9-10(7)8;/h6,10H,3-4H2,1-2H3,(H,7,8);. The van der Waals surface area contributed by atoms with Crippen molar-refractivity contribution in [3.8, 4) is 0 Å². The van der Waals surface area contributed by atoms with Crippen LogP contribution >= 0.6 is 8.25 Å². The molecule has 0 saturated carbocycles. The predicted octanol–water partition coefficient (Wildman–Crippen LogP) is 0.0227. The molecule has 1 atom stereocenters. The van der Waals surface area contributed by atoms with Gasteiger partial charge in [0, 0.05) is 35.0 Å². The van der Waals surface area contributed by atoms with Crippen LogP contribution in [0.25, 0.3) is 0 Å². The number of hydrogen-bond donors (Lipinski definition) is 2. The van der Waals surface area contributed by atoms with Gasteiger partial charge in [-0.25, -0.2) is 0 Å². The normalized spacial score (nSPS) is 13.8. The summed E-state index contributed by atoms with van der Waals surface area (Å²) in [5, 5.41) is 8.65.